The maximum absolute atomic E-state index is 12.4. The van der Waals surface area contributed by atoms with E-state index >= 15 is 0 Å². The third-order valence-corrected chi connectivity index (χ3v) is 4.42. The number of carbonyl (C=O) groups excluding carboxylic acids is 1. The largest absolute Gasteiger partial charge is 0.339 e. The Kier molecular flexibility index (Phi) is 5.35. The predicted molar refractivity (Wildman–Crippen MR) is 91.1 cm³/mol. The van der Waals surface area contributed by atoms with E-state index in [4.69, 9.17) is 16.1 Å². The molecule has 2 heterocycles. The number of likely N-dealkylation sites (tertiary alicyclic amines) is 1. The Morgan fingerprint density at radius 3 is 3.12 bits per heavy atom. The van der Waals surface area contributed by atoms with Crippen LogP contribution in [0.25, 0.3) is 0 Å². The molecule has 1 saturated heterocycles. The number of amides is 2. The molecule has 0 bridgehead atoms. The maximum atomic E-state index is 12.4. The van der Waals surface area contributed by atoms with Crippen LogP contribution < -0.4 is 5.32 Å². The van der Waals surface area contributed by atoms with Gasteiger partial charge in [-0.2, -0.15) is 4.98 Å². The van der Waals surface area contributed by atoms with Crippen LogP contribution in [-0.2, 0) is 6.42 Å². The molecule has 0 saturated carbocycles. The topological polar surface area (TPSA) is 71.3 Å². The highest BCUT2D eigenvalue weighted by Gasteiger charge is 2.28. The number of nitrogens with one attached hydrogen (secondary N) is 1. The number of carbonyl (C=O) groups is 1. The van der Waals surface area contributed by atoms with Crippen LogP contribution >= 0.6 is 11.6 Å². The van der Waals surface area contributed by atoms with Crippen LogP contribution in [0.3, 0.4) is 0 Å². The number of aryl methyl sites for hydroxylation is 1. The van der Waals surface area contributed by atoms with Crippen LogP contribution in [0.4, 0.5) is 4.79 Å². The quantitative estimate of drug-likeness (QED) is 0.921. The molecule has 1 N–H and O–H groups in total. The van der Waals surface area contributed by atoms with E-state index in [-0.39, 0.29) is 11.9 Å². The number of nitrogens with zero attached hydrogens (tertiary/aromatic N) is 3. The molecule has 0 radical (unpaired) electrons. The molecule has 0 aliphatic carbocycles. The molecule has 2 amide bonds. The lowest BCUT2D eigenvalue weighted by Gasteiger charge is -2.31. The molecule has 1 fully saturated rings. The maximum Gasteiger partial charge on any atom is 0.317 e. The zero-order valence-corrected chi connectivity index (χ0v) is 14.4. The average Bonchev–Trinajstić information content (AvgIpc) is 3.01. The smallest absolute Gasteiger partial charge is 0.317 e. The van der Waals surface area contributed by atoms with E-state index in [1.807, 2.05) is 29.2 Å². The van der Waals surface area contributed by atoms with Gasteiger partial charge in [0, 0.05) is 24.7 Å². The first kappa shape index (κ1) is 16.8. The summed E-state index contributed by atoms with van der Waals surface area (Å²) in [6.07, 6.45) is 2.66. The Labute approximate surface area is 146 Å². The molecule has 2 aromatic rings. The lowest BCUT2D eigenvalue weighted by molar-refractivity contribution is 0.172. The summed E-state index contributed by atoms with van der Waals surface area (Å²) >= 11 is 5.97. The highest BCUT2D eigenvalue weighted by molar-refractivity contribution is 6.30. The van der Waals surface area contributed by atoms with Crippen molar-refractivity contribution in [3.05, 3.63) is 46.6 Å². The normalized spacial score (nSPS) is 17.8. The van der Waals surface area contributed by atoms with E-state index in [0.29, 0.717) is 29.8 Å². The number of hydrogen-bond donors (Lipinski definition) is 1. The molecule has 0 spiro atoms. The Bertz CT molecular complexity index is 703. The number of aromatic nitrogens is 2. The van der Waals surface area contributed by atoms with Crippen LogP contribution in [0.1, 0.15) is 36.0 Å². The van der Waals surface area contributed by atoms with Crippen LogP contribution in [0.5, 0.6) is 0 Å². The first-order valence-corrected chi connectivity index (χ1v) is 8.57. The van der Waals surface area contributed by atoms with Gasteiger partial charge < -0.3 is 14.7 Å². The van der Waals surface area contributed by atoms with Gasteiger partial charge in [-0.1, -0.05) is 28.9 Å². The molecule has 1 aromatic heterocycles. The van der Waals surface area contributed by atoms with E-state index in [1.165, 1.54) is 0 Å². The summed E-state index contributed by atoms with van der Waals surface area (Å²) in [7, 11) is 0. The van der Waals surface area contributed by atoms with E-state index in [9.17, 15) is 4.79 Å². The summed E-state index contributed by atoms with van der Waals surface area (Å²) in [6, 6.07) is 7.64. The monoisotopic (exact) mass is 348 g/mol. The SMILES string of the molecule is Cc1noc(C2CCCN(C(=O)NCCc3cccc(Cl)c3)C2)n1. The highest BCUT2D eigenvalue weighted by atomic mass is 35.5. The number of halogens is 1. The molecule has 1 aliphatic heterocycles. The first-order chi connectivity index (χ1) is 11.6. The van der Waals surface area contributed by atoms with Gasteiger partial charge >= 0.3 is 6.03 Å². The minimum Gasteiger partial charge on any atom is -0.339 e. The van der Waals surface area contributed by atoms with Crippen molar-refractivity contribution in [1.82, 2.24) is 20.4 Å². The van der Waals surface area contributed by atoms with Crippen molar-refractivity contribution in [3.63, 3.8) is 0 Å². The highest BCUT2D eigenvalue weighted by Crippen LogP contribution is 2.25. The van der Waals surface area contributed by atoms with Gasteiger partial charge in [-0.05, 0) is 43.9 Å². The Morgan fingerprint density at radius 2 is 2.38 bits per heavy atom. The van der Waals surface area contributed by atoms with Crippen LogP contribution in [0.2, 0.25) is 5.02 Å². The molecule has 128 valence electrons. The van der Waals surface area contributed by atoms with Gasteiger partial charge in [0.25, 0.3) is 0 Å². The summed E-state index contributed by atoms with van der Waals surface area (Å²) in [5.41, 5.74) is 1.11. The van der Waals surface area contributed by atoms with E-state index in [1.54, 1.807) is 6.92 Å². The van der Waals surface area contributed by atoms with Crippen molar-refractivity contribution in [1.29, 1.82) is 0 Å². The Balaban J connectivity index is 1.49. The second-order valence-electron chi connectivity index (χ2n) is 6.08. The fourth-order valence-corrected chi connectivity index (χ4v) is 3.17. The number of piperidine rings is 1. The number of urea groups is 1. The van der Waals surface area contributed by atoms with Crippen LogP contribution in [0, 0.1) is 6.92 Å². The predicted octanol–water partition coefficient (Wildman–Crippen LogP) is 3.16. The zero-order chi connectivity index (χ0) is 16.9. The molecule has 6 nitrogen and oxygen atoms in total. The molecule has 1 atom stereocenters. The van der Waals surface area contributed by atoms with E-state index < -0.39 is 0 Å². The second-order valence-corrected chi connectivity index (χ2v) is 6.51. The second kappa shape index (κ2) is 7.66. The third-order valence-electron chi connectivity index (χ3n) is 4.18. The van der Waals surface area contributed by atoms with Crippen molar-refractivity contribution >= 4 is 17.6 Å². The standard InChI is InChI=1S/C17H21ClN4O2/c1-12-20-16(24-21-12)14-5-3-9-22(11-14)17(23)19-8-7-13-4-2-6-15(18)10-13/h2,4,6,10,14H,3,5,7-9,11H2,1H3,(H,19,23). The number of benzene rings is 1. The molecule has 1 aliphatic rings. The third kappa shape index (κ3) is 4.26. The van der Waals surface area contributed by atoms with Crippen molar-refractivity contribution in [2.45, 2.75) is 32.1 Å². The summed E-state index contributed by atoms with van der Waals surface area (Å²) in [5.74, 6) is 1.38. The van der Waals surface area contributed by atoms with Crippen molar-refractivity contribution < 1.29 is 9.32 Å². The van der Waals surface area contributed by atoms with Gasteiger partial charge in [0.15, 0.2) is 5.82 Å². The van der Waals surface area contributed by atoms with Crippen LogP contribution in [-0.4, -0.2) is 40.7 Å². The molecule has 3 rings (SSSR count). The summed E-state index contributed by atoms with van der Waals surface area (Å²) < 4.78 is 5.25. The summed E-state index contributed by atoms with van der Waals surface area (Å²) in [4.78, 5) is 18.5. The molecule has 7 heteroatoms. The molecular weight excluding hydrogens is 328 g/mol. The molecule has 24 heavy (non-hydrogen) atoms. The Morgan fingerprint density at radius 1 is 1.50 bits per heavy atom. The Hall–Kier alpha value is -2.08. The number of rotatable bonds is 4. The zero-order valence-electron chi connectivity index (χ0n) is 13.7. The van der Waals surface area contributed by atoms with Gasteiger partial charge in [0.05, 0.1) is 5.92 Å². The average molecular weight is 349 g/mol. The fourth-order valence-electron chi connectivity index (χ4n) is 2.96. The lowest BCUT2D eigenvalue weighted by Crippen LogP contribution is -2.45. The van der Waals surface area contributed by atoms with Crippen molar-refractivity contribution in [3.8, 4) is 0 Å². The van der Waals surface area contributed by atoms with Gasteiger partial charge in [-0.25, -0.2) is 4.79 Å². The first-order valence-electron chi connectivity index (χ1n) is 8.19. The molecule has 1 aromatic carbocycles. The van der Waals surface area contributed by atoms with E-state index in [0.717, 1.165) is 31.4 Å². The van der Waals surface area contributed by atoms with Crippen molar-refractivity contribution in [2.75, 3.05) is 19.6 Å². The summed E-state index contributed by atoms with van der Waals surface area (Å²) in [6.45, 7) is 3.76. The minimum absolute atomic E-state index is 0.0436. The van der Waals surface area contributed by atoms with Gasteiger partial charge in [-0.3, -0.25) is 0 Å². The van der Waals surface area contributed by atoms with Crippen LogP contribution in [0.15, 0.2) is 28.8 Å². The van der Waals surface area contributed by atoms with Gasteiger partial charge in [-0.15, -0.1) is 0 Å². The van der Waals surface area contributed by atoms with Gasteiger partial charge in [0.2, 0.25) is 5.89 Å². The van der Waals surface area contributed by atoms with Crippen molar-refractivity contribution in [2.24, 2.45) is 0 Å². The minimum atomic E-state index is -0.0436. The summed E-state index contributed by atoms with van der Waals surface area (Å²) in [5, 5.41) is 7.53. The molecule has 1 unspecified atom stereocenters. The lowest BCUT2D eigenvalue weighted by atomic mass is 9.98. The molecular formula is C17H21ClN4O2. The number of hydrogen-bond acceptors (Lipinski definition) is 4. The van der Waals surface area contributed by atoms with Gasteiger partial charge in [0.1, 0.15) is 0 Å². The van der Waals surface area contributed by atoms with E-state index in [2.05, 4.69) is 15.5 Å². The fraction of sp³-hybridized carbons (Fsp3) is 0.471.